The molecule has 0 aliphatic rings. The Labute approximate surface area is 124 Å². The van der Waals surface area contributed by atoms with Crippen LogP contribution in [0.2, 0.25) is 0 Å². The number of nitrogens with zero attached hydrogens (tertiary/aromatic N) is 6. The van der Waals surface area contributed by atoms with Gasteiger partial charge in [-0.1, -0.05) is 17.8 Å². The van der Waals surface area contributed by atoms with Crippen molar-refractivity contribution in [1.82, 2.24) is 30.2 Å². The van der Waals surface area contributed by atoms with Gasteiger partial charge in [-0.2, -0.15) is 0 Å². The van der Waals surface area contributed by atoms with Crippen LogP contribution in [0.4, 0.5) is 10.2 Å². The standard InChI is InChI=1S/C12H12FN7S/c1-20-12(17-18-19-20)21-6-5-14-11-10-8(13)3-2-4-9(10)15-7-16-11/h2-4,7H,5-6H2,1H3,(H,14,15,16). The smallest absolute Gasteiger partial charge is 0.209 e. The second-order valence-corrected chi connectivity index (χ2v) is 5.28. The van der Waals surface area contributed by atoms with E-state index in [1.807, 2.05) is 0 Å². The molecule has 0 amide bonds. The summed E-state index contributed by atoms with van der Waals surface area (Å²) in [6.45, 7) is 0.609. The van der Waals surface area contributed by atoms with Crippen LogP contribution in [0.25, 0.3) is 10.9 Å². The molecule has 0 unspecified atom stereocenters. The van der Waals surface area contributed by atoms with Gasteiger partial charge in [-0.25, -0.2) is 19.0 Å². The van der Waals surface area contributed by atoms with Crippen LogP contribution in [0.5, 0.6) is 0 Å². The Morgan fingerprint density at radius 1 is 1.33 bits per heavy atom. The number of anilines is 1. The molecule has 21 heavy (non-hydrogen) atoms. The van der Waals surface area contributed by atoms with Crippen molar-refractivity contribution in [2.24, 2.45) is 7.05 Å². The van der Waals surface area contributed by atoms with Gasteiger partial charge in [-0.05, 0) is 22.6 Å². The van der Waals surface area contributed by atoms with Crippen LogP contribution in [-0.4, -0.2) is 42.5 Å². The summed E-state index contributed by atoms with van der Waals surface area (Å²) in [5.74, 6) is 0.893. The minimum absolute atomic E-state index is 0.333. The number of benzene rings is 1. The summed E-state index contributed by atoms with van der Waals surface area (Å²) >= 11 is 1.51. The van der Waals surface area contributed by atoms with E-state index in [4.69, 9.17) is 0 Å². The number of aromatic nitrogens is 6. The van der Waals surface area contributed by atoms with Crippen LogP contribution in [0.3, 0.4) is 0 Å². The molecule has 0 saturated carbocycles. The summed E-state index contributed by atoms with van der Waals surface area (Å²) in [6.07, 6.45) is 1.42. The first-order valence-electron chi connectivity index (χ1n) is 6.24. The molecule has 0 aliphatic carbocycles. The van der Waals surface area contributed by atoms with Gasteiger partial charge in [-0.15, -0.1) is 5.10 Å². The van der Waals surface area contributed by atoms with E-state index in [0.29, 0.717) is 23.3 Å². The van der Waals surface area contributed by atoms with Gasteiger partial charge in [0.05, 0.1) is 10.9 Å². The number of rotatable bonds is 5. The molecule has 0 bridgehead atoms. The maximum atomic E-state index is 13.9. The van der Waals surface area contributed by atoms with Crippen molar-refractivity contribution in [1.29, 1.82) is 0 Å². The van der Waals surface area contributed by atoms with Crippen molar-refractivity contribution in [2.75, 3.05) is 17.6 Å². The number of aryl methyl sites for hydroxylation is 1. The molecule has 0 spiro atoms. The molecular formula is C12H12FN7S. The lowest BCUT2D eigenvalue weighted by Crippen LogP contribution is -2.08. The second-order valence-electron chi connectivity index (χ2n) is 4.22. The lowest BCUT2D eigenvalue weighted by Gasteiger charge is -2.08. The van der Waals surface area contributed by atoms with Gasteiger partial charge in [-0.3, -0.25) is 0 Å². The Kier molecular flexibility index (Phi) is 3.91. The number of hydrogen-bond acceptors (Lipinski definition) is 7. The van der Waals surface area contributed by atoms with Crippen LogP contribution < -0.4 is 5.32 Å². The number of fused-ring (bicyclic) bond motifs is 1. The van der Waals surface area contributed by atoms with E-state index in [2.05, 4.69) is 30.8 Å². The molecule has 0 radical (unpaired) electrons. The summed E-state index contributed by atoms with van der Waals surface area (Å²) in [7, 11) is 1.78. The molecule has 108 valence electrons. The van der Waals surface area contributed by atoms with Crippen LogP contribution in [-0.2, 0) is 7.05 Å². The molecule has 1 aromatic carbocycles. The van der Waals surface area contributed by atoms with Crippen molar-refractivity contribution in [3.05, 3.63) is 30.3 Å². The number of thioether (sulfide) groups is 1. The SMILES string of the molecule is Cn1nnnc1SCCNc1ncnc2cccc(F)c12. The first-order valence-corrected chi connectivity index (χ1v) is 7.22. The summed E-state index contributed by atoms with van der Waals surface area (Å²) in [6, 6.07) is 4.79. The summed E-state index contributed by atoms with van der Waals surface area (Å²) < 4.78 is 15.5. The normalized spacial score (nSPS) is 11.0. The highest BCUT2D eigenvalue weighted by molar-refractivity contribution is 7.99. The van der Waals surface area contributed by atoms with Crippen molar-refractivity contribution >= 4 is 28.5 Å². The van der Waals surface area contributed by atoms with E-state index in [0.717, 1.165) is 10.9 Å². The Morgan fingerprint density at radius 2 is 2.24 bits per heavy atom. The Morgan fingerprint density at radius 3 is 3.05 bits per heavy atom. The van der Waals surface area contributed by atoms with Gasteiger partial charge in [0, 0.05) is 19.3 Å². The van der Waals surface area contributed by atoms with Crippen LogP contribution in [0.1, 0.15) is 0 Å². The van der Waals surface area contributed by atoms with E-state index in [1.165, 1.54) is 24.2 Å². The van der Waals surface area contributed by atoms with E-state index < -0.39 is 0 Å². The quantitative estimate of drug-likeness (QED) is 0.565. The Bertz CT molecular complexity index is 755. The second kappa shape index (κ2) is 6.00. The molecule has 0 fully saturated rings. The molecule has 9 heteroatoms. The van der Waals surface area contributed by atoms with Crippen molar-refractivity contribution in [3.63, 3.8) is 0 Å². The number of nitrogens with one attached hydrogen (secondary N) is 1. The van der Waals surface area contributed by atoms with Crippen molar-refractivity contribution in [3.8, 4) is 0 Å². The van der Waals surface area contributed by atoms with E-state index in [-0.39, 0.29) is 5.82 Å². The Hall–Kier alpha value is -2.29. The van der Waals surface area contributed by atoms with Gasteiger partial charge in [0.25, 0.3) is 0 Å². The summed E-state index contributed by atoms with van der Waals surface area (Å²) in [4.78, 5) is 8.16. The molecule has 0 atom stereocenters. The highest BCUT2D eigenvalue weighted by atomic mass is 32.2. The maximum Gasteiger partial charge on any atom is 0.209 e. The first-order chi connectivity index (χ1) is 10.3. The van der Waals surface area contributed by atoms with E-state index in [9.17, 15) is 4.39 Å². The van der Waals surface area contributed by atoms with Crippen LogP contribution in [0, 0.1) is 5.82 Å². The molecule has 0 aliphatic heterocycles. The molecule has 7 nitrogen and oxygen atoms in total. The van der Waals surface area contributed by atoms with Gasteiger partial charge in [0.1, 0.15) is 18.0 Å². The van der Waals surface area contributed by atoms with Gasteiger partial charge in [0.2, 0.25) is 5.16 Å². The largest absolute Gasteiger partial charge is 0.369 e. The van der Waals surface area contributed by atoms with Crippen molar-refractivity contribution < 1.29 is 4.39 Å². The van der Waals surface area contributed by atoms with E-state index >= 15 is 0 Å². The van der Waals surface area contributed by atoms with Crippen molar-refractivity contribution in [2.45, 2.75) is 5.16 Å². The number of hydrogen-bond donors (Lipinski definition) is 1. The fourth-order valence-corrected chi connectivity index (χ4v) is 2.56. The number of halogens is 1. The maximum absolute atomic E-state index is 13.9. The minimum Gasteiger partial charge on any atom is -0.369 e. The van der Waals surface area contributed by atoms with Gasteiger partial charge in [0.15, 0.2) is 0 Å². The highest BCUT2D eigenvalue weighted by Gasteiger charge is 2.08. The predicted molar refractivity (Wildman–Crippen MR) is 77.5 cm³/mol. The topological polar surface area (TPSA) is 81.4 Å². The first kappa shape index (κ1) is 13.7. The summed E-state index contributed by atoms with van der Waals surface area (Å²) in [5, 5.41) is 15.4. The third-order valence-electron chi connectivity index (χ3n) is 2.82. The van der Waals surface area contributed by atoms with Gasteiger partial charge >= 0.3 is 0 Å². The zero-order valence-electron chi connectivity index (χ0n) is 11.2. The molecule has 2 heterocycles. The molecule has 0 saturated heterocycles. The minimum atomic E-state index is -0.333. The Balaban J connectivity index is 1.67. The fraction of sp³-hybridized carbons (Fsp3) is 0.250. The highest BCUT2D eigenvalue weighted by Crippen LogP contribution is 2.22. The zero-order valence-corrected chi connectivity index (χ0v) is 12.0. The number of tetrazole rings is 1. The van der Waals surface area contributed by atoms with Crippen LogP contribution in [0.15, 0.2) is 29.7 Å². The zero-order chi connectivity index (χ0) is 14.7. The summed E-state index contributed by atoms with van der Waals surface area (Å²) in [5.41, 5.74) is 0.581. The third kappa shape index (κ3) is 2.92. The third-order valence-corrected chi connectivity index (χ3v) is 3.83. The average Bonchev–Trinajstić information content (AvgIpc) is 2.89. The monoisotopic (exact) mass is 305 g/mol. The lowest BCUT2D eigenvalue weighted by molar-refractivity contribution is 0.639. The molecule has 3 rings (SSSR count). The van der Waals surface area contributed by atoms with Gasteiger partial charge < -0.3 is 5.32 Å². The predicted octanol–water partition coefficient (Wildman–Crippen LogP) is 1.50. The average molecular weight is 305 g/mol. The molecular weight excluding hydrogens is 293 g/mol. The van der Waals surface area contributed by atoms with E-state index in [1.54, 1.807) is 23.9 Å². The van der Waals surface area contributed by atoms with Crippen LogP contribution >= 0.6 is 11.8 Å². The fourth-order valence-electron chi connectivity index (χ4n) is 1.86. The molecule has 3 aromatic rings. The molecule has 2 aromatic heterocycles. The molecule has 1 N–H and O–H groups in total. The lowest BCUT2D eigenvalue weighted by atomic mass is 10.2.